The smallest absolute Gasteiger partial charge is 0.250 e. The Morgan fingerprint density at radius 3 is 2.63 bits per heavy atom. The second-order valence-electron chi connectivity index (χ2n) is 6.78. The number of aryl methyl sites for hydroxylation is 1. The Kier molecular flexibility index (Phi) is 4.65. The average molecular weight is 427 g/mol. The van der Waals surface area contributed by atoms with Crippen molar-refractivity contribution in [3.05, 3.63) is 54.2 Å². The third kappa shape index (κ3) is 3.24. The first-order valence-corrected chi connectivity index (χ1v) is 10.7. The summed E-state index contributed by atoms with van der Waals surface area (Å²) in [6, 6.07) is 6.33. The van der Waals surface area contributed by atoms with E-state index in [9.17, 15) is 12.8 Å². The highest BCUT2D eigenvalue weighted by molar-refractivity contribution is 7.90. The first kappa shape index (κ1) is 19.8. The van der Waals surface area contributed by atoms with Crippen molar-refractivity contribution >= 4 is 21.3 Å². The van der Waals surface area contributed by atoms with Crippen molar-refractivity contribution in [3.63, 3.8) is 0 Å². The number of halogens is 1. The summed E-state index contributed by atoms with van der Waals surface area (Å²) in [6.07, 6.45) is 5.73. The number of anilines is 1. The van der Waals surface area contributed by atoms with E-state index in [2.05, 4.69) is 15.0 Å². The van der Waals surface area contributed by atoms with Gasteiger partial charge in [0.25, 0.3) is 5.88 Å². The van der Waals surface area contributed by atoms with Gasteiger partial charge in [-0.25, -0.2) is 27.8 Å². The molecule has 154 valence electrons. The number of sulfone groups is 1. The van der Waals surface area contributed by atoms with Crippen LogP contribution in [0.1, 0.15) is 5.56 Å². The molecule has 0 aliphatic rings. The maximum absolute atomic E-state index is 14.7. The average Bonchev–Trinajstić information content (AvgIpc) is 3.12. The van der Waals surface area contributed by atoms with E-state index in [1.807, 2.05) is 6.92 Å². The number of imidazole rings is 1. The topological polar surface area (TPSA) is 112 Å². The number of benzene rings is 1. The summed E-state index contributed by atoms with van der Waals surface area (Å²) in [7, 11) is -2.07. The third-order valence-electron chi connectivity index (χ3n) is 4.76. The van der Waals surface area contributed by atoms with Crippen molar-refractivity contribution in [2.45, 2.75) is 11.8 Å². The summed E-state index contributed by atoms with van der Waals surface area (Å²) in [5.41, 5.74) is 8.99. The normalized spacial score (nSPS) is 11.7. The molecule has 4 rings (SSSR count). The van der Waals surface area contributed by atoms with E-state index < -0.39 is 15.7 Å². The van der Waals surface area contributed by atoms with Crippen LogP contribution >= 0.6 is 0 Å². The Hall–Kier alpha value is -3.53. The monoisotopic (exact) mass is 427 g/mol. The first-order valence-electron chi connectivity index (χ1n) is 8.84. The van der Waals surface area contributed by atoms with Crippen LogP contribution in [0.5, 0.6) is 5.88 Å². The van der Waals surface area contributed by atoms with Crippen LogP contribution in [0.3, 0.4) is 0 Å². The maximum Gasteiger partial charge on any atom is 0.250 e. The zero-order valence-electron chi connectivity index (χ0n) is 16.4. The minimum Gasteiger partial charge on any atom is -0.479 e. The van der Waals surface area contributed by atoms with E-state index in [1.54, 1.807) is 35.0 Å². The summed E-state index contributed by atoms with van der Waals surface area (Å²) in [5, 5.41) is 0. The van der Waals surface area contributed by atoms with Gasteiger partial charge in [0.1, 0.15) is 0 Å². The van der Waals surface area contributed by atoms with Crippen LogP contribution in [0, 0.1) is 12.7 Å². The summed E-state index contributed by atoms with van der Waals surface area (Å²) in [4.78, 5) is 12.6. The summed E-state index contributed by atoms with van der Waals surface area (Å²) in [5.74, 6) is -0.718. The molecule has 0 saturated carbocycles. The van der Waals surface area contributed by atoms with Gasteiger partial charge in [-0.05, 0) is 30.7 Å². The molecule has 0 radical (unpaired) electrons. The predicted octanol–water partition coefficient (Wildman–Crippen LogP) is 2.90. The van der Waals surface area contributed by atoms with E-state index in [1.165, 1.54) is 19.4 Å². The highest BCUT2D eigenvalue weighted by atomic mass is 32.2. The molecular formula is C20H18FN5O3S. The largest absolute Gasteiger partial charge is 0.479 e. The molecule has 0 atom stereocenters. The maximum atomic E-state index is 14.7. The molecule has 0 spiro atoms. The van der Waals surface area contributed by atoms with Crippen molar-refractivity contribution in [3.8, 4) is 28.4 Å². The zero-order valence-corrected chi connectivity index (χ0v) is 17.2. The number of ether oxygens (including phenoxy) is 1. The van der Waals surface area contributed by atoms with Gasteiger partial charge in [-0.2, -0.15) is 0 Å². The van der Waals surface area contributed by atoms with Gasteiger partial charge >= 0.3 is 0 Å². The molecule has 0 aliphatic carbocycles. The minimum absolute atomic E-state index is 0.103. The predicted molar refractivity (Wildman–Crippen MR) is 110 cm³/mol. The molecular weight excluding hydrogens is 409 g/mol. The van der Waals surface area contributed by atoms with Crippen molar-refractivity contribution in [2.24, 2.45) is 0 Å². The molecule has 2 N–H and O–H groups in total. The van der Waals surface area contributed by atoms with E-state index in [0.29, 0.717) is 16.9 Å². The van der Waals surface area contributed by atoms with Crippen LogP contribution in [-0.4, -0.2) is 41.1 Å². The van der Waals surface area contributed by atoms with Crippen molar-refractivity contribution in [1.29, 1.82) is 0 Å². The summed E-state index contributed by atoms with van der Waals surface area (Å²) >= 11 is 0. The zero-order chi connectivity index (χ0) is 21.6. The van der Waals surface area contributed by atoms with Crippen molar-refractivity contribution < 1.29 is 17.5 Å². The van der Waals surface area contributed by atoms with Crippen molar-refractivity contribution in [1.82, 2.24) is 19.4 Å². The Morgan fingerprint density at radius 1 is 1.17 bits per heavy atom. The quantitative estimate of drug-likeness (QED) is 0.533. The van der Waals surface area contributed by atoms with Gasteiger partial charge in [0.05, 0.1) is 29.6 Å². The fourth-order valence-electron chi connectivity index (χ4n) is 3.21. The van der Waals surface area contributed by atoms with Crippen LogP contribution in [0.2, 0.25) is 0 Å². The lowest BCUT2D eigenvalue weighted by Crippen LogP contribution is -2.03. The molecule has 10 heteroatoms. The van der Waals surface area contributed by atoms with Gasteiger partial charge in [0.15, 0.2) is 27.1 Å². The molecule has 4 aromatic rings. The molecule has 0 aliphatic heterocycles. The van der Waals surface area contributed by atoms with E-state index >= 15 is 0 Å². The summed E-state index contributed by atoms with van der Waals surface area (Å²) in [6.45, 7) is 1.86. The van der Waals surface area contributed by atoms with E-state index in [0.717, 1.165) is 11.8 Å². The highest BCUT2D eigenvalue weighted by Crippen LogP contribution is 2.31. The van der Waals surface area contributed by atoms with Gasteiger partial charge in [0.2, 0.25) is 0 Å². The van der Waals surface area contributed by atoms with Gasteiger partial charge in [-0.15, -0.1) is 0 Å². The molecule has 1 aromatic carbocycles. The van der Waals surface area contributed by atoms with Crippen LogP contribution in [0.4, 0.5) is 10.2 Å². The Balaban J connectivity index is 1.98. The van der Waals surface area contributed by atoms with E-state index in [-0.39, 0.29) is 27.9 Å². The molecule has 8 nitrogen and oxygen atoms in total. The lowest BCUT2D eigenvalue weighted by Gasteiger charge is -2.11. The molecule has 3 aromatic heterocycles. The SMILES string of the molecule is COc1nccc(-c2cn3c(-c4cc(S(C)(=O)=O)ccc4C)cnc3c(N)n2)c1F. The second-order valence-corrected chi connectivity index (χ2v) is 8.79. The molecule has 0 saturated heterocycles. The van der Waals surface area contributed by atoms with Crippen LogP contribution in [-0.2, 0) is 9.84 Å². The first-order chi connectivity index (χ1) is 14.2. The summed E-state index contributed by atoms with van der Waals surface area (Å²) < 4.78 is 45.4. The molecule has 30 heavy (non-hydrogen) atoms. The lowest BCUT2D eigenvalue weighted by atomic mass is 10.1. The number of pyridine rings is 1. The standard InChI is InChI=1S/C20H18FN5O3S/c1-11-4-5-12(30(3,27)28)8-14(11)16-9-24-19-18(22)25-15(10-26(16)19)13-6-7-23-20(29-2)17(13)21/h4-10H,1-3H3,(H2,22,25). The molecule has 0 unspecified atom stereocenters. The van der Waals surface area contributed by atoms with Crippen LogP contribution in [0.25, 0.3) is 28.2 Å². The Morgan fingerprint density at radius 2 is 1.93 bits per heavy atom. The third-order valence-corrected chi connectivity index (χ3v) is 5.87. The number of nitrogen functional groups attached to an aromatic ring is 1. The number of nitrogens with zero attached hydrogens (tertiary/aromatic N) is 4. The number of hydrogen-bond donors (Lipinski definition) is 1. The number of methoxy groups -OCH3 is 1. The van der Waals surface area contributed by atoms with Gasteiger partial charge in [-0.1, -0.05) is 6.07 Å². The Bertz CT molecular complexity index is 1400. The number of fused-ring (bicyclic) bond motifs is 1. The fourth-order valence-corrected chi connectivity index (χ4v) is 3.86. The van der Waals surface area contributed by atoms with Gasteiger partial charge in [0, 0.05) is 29.8 Å². The second kappa shape index (κ2) is 7.06. The van der Waals surface area contributed by atoms with Crippen LogP contribution < -0.4 is 10.5 Å². The number of aromatic nitrogens is 4. The van der Waals surface area contributed by atoms with Gasteiger partial charge < -0.3 is 10.5 Å². The minimum atomic E-state index is -3.40. The molecule has 3 heterocycles. The Labute approximate surface area is 172 Å². The number of hydrogen-bond acceptors (Lipinski definition) is 7. The fraction of sp³-hybridized carbons (Fsp3) is 0.150. The van der Waals surface area contributed by atoms with Gasteiger partial charge in [-0.3, -0.25) is 4.40 Å². The van der Waals surface area contributed by atoms with Crippen molar-refractivity contribution in [2.75, 3.05) is 19.1 Å². The number of nitrogens with two attached hydrogens (primary N) is 1. The highest BCUT2D eigenvalue weighted by Gasteiger charge is 2.18. The number of rotatable bonds is 4. The molecule has 0 amide bonds. The molecule has 0 bridgehead atoms. The van der Waals surface area contributed by atoms with Crippen LogP contribution in [0.15, 0.2) is 47.8 Å². The lowest BCUT2D eigenvalue weighted by molar-refractivity contribution is 0.370. The molecule has 0 fully saturated rings. The van der Waals surface area contributed by atoms with E-state index in [4.69, 9.17) is 10.5 Å².